The van der Waals surface area contributed by atoms with Gasteiger partial charge in [-0.1, -0.05) is 11.1 Å². The molecule has 23 heavy (non-hydrogen) atoms. The first-order valence-corrected chi connectivity index (χ1v) is 7.54. The number of carboxylic acids is 1. The first-order chi connectivity index (χ1) is 11.0. The fourth-order valence-corrected chi connectivity index (χ4v) is 3.04. The Morgan fingerprint density at radius 1 is 1.09 bits per heavy atom. The van der Waals surface area contributed by atoms with Gasteiger partial charge >= 0.3 is 5.97 Å². The van der Waals surface area contributed by atoms with E-state index in [0.29, 0.717) is 30.0 Å². The van der Waals surface area contributed by atoms with Gasteiger partial charge in [-0.15, -0.1) is 0 Å². The number of nitrogens with one attached hydrogen (secondary N) is 1. The van der Waals surface area contributed by atoms with Crippen LogP contribution in [-0.4, -0.2) is 23.8 Å². The van der Waals surface area contributed by atoms with Crippen LogP contribution in [0.5, 0.6) is 11.5 Å². The quantitative estimate of drug-likeness (QED) is 0.837. The monoisotopic (exact) mass is 317 g/mol. The highest BCUT2D eigenvalue weighted by molar-refractivity contribution is 5.95. The van der Waals surface area contributed by atoms with Gasteiger partial charge < -0.3 is 19.9 Å². The maximum atomic E-state index is 12.6. The number of anilines is 1. The average molecular weight is 317 g/mol. The third kappa shape index (κ3) is 3.02. The number of benzene rings is 1. The molecule has 0 saturated carbocycles. The minimum atomic E-state index is -0.928. The number of fused-ring (bicyclic) bond motifs is 1. The van der Waals surface area contributed by atoms with Crippen molar-refractivity contribution in [1.29, 1.82) is 0 Å². The van der Waals surface area contributed by atoms with Crippen LogP contribution >= 0.6 is 0 Å². The molecule has 2 atom stereocenters. The van der Waals surface area contributed by atoms with Crippen LogP contribution in [0.4, 0.5) is 5.69 Å². The first-order valence-electron chi connectivity index (χ1n) is 7.54. The Labute approximate surface area is 134 Å². The molecule has 0 fully saturated rings. The summed E-state index contributed by atoms with van der Waals surface area (Å²) in [5.74, 6) is -1.24. The number of amides is 1. The van der Waals surface area contributed by atoms with E-state index in [-0.39, 0.29) is 12.7 Å². The number of ether oxygens (including phenoxy) is 2. The Morgan fingerprint density at radius 3 is 2.43 bits per heavy atom. The second-order valence-electron chi connectivity index (χ2n) is 6.08. The van der Waals surface area contributed by atoms with E-state index in [1.165, 1.54) is 0 Å². The van der Waals surface area contributed by atoms with E-state index in [4.69, 9.17) is 9.47 Å². The van der Waals surface area contributed by atoms with Crippen molar-refractivity contribution in [2.75, 3.05) is 12.1 Å². The lowest BCUT2D eigenvalue weighted by Gasteiger charge is -2.29. The smallest absolute Gasteiger partial charge is 0.307 e. The van der Waals surface area contributed by atoms with Crippen LogP contribution in [0.25, 0.3) is 0 Å². The molecule has 1 aromatic carbocycles. The molecule has 1 aliphatic heterocycles. The molecule has 0 bridgehead atoms. The zero-order chi connectivity index (χ0) is 16.6. The molecule has 2 aliphatic rings. The number of hydrogen-bond donors (Lipinski definition) is 2. The highest BCUT2D eigenvalue weighted by atomic mass is 16.7. The van der Waals surface area contributed by atoms with Crippen molar-refractivity contribution >= 4 is 17.6 Å². The zero-order valence-corrected chi connectivity index (χ0v) is 13.1. The molecule has 2 N–H and O–H groups in total. The topological polar surface area (TPSA) is 84.9 Å². The van der Waals surface area contributed by atoms with E-state index in [1.807, 2.05) is 13.8 Å². The van der Waals surface area contributed by atoms with Crippen LogP contribution in [0.15, 0.2) is 29.3 Å². The van der Waals surface area contributed by atoms with Gasteiger partial charge in [0.25, 0.3) is 0 Å². The van der Waals surface area contributed by atoms with Crippen LogP contribution in [0.1, 0.15) is 26.7 Å². The normalized spacial score (nSPS) is 22.9. The predicted octanol–water partition coefficient (Wildman–Crippen LogP) is 2.80. The van der Waals surface area contributed by atoms with Crippen molar-refractivity contribution in [1.82, 2.24) is 0 Å². The summed E-state index contributed by atoms with van der Waals surface area (Å²) >= 11 is 0. The summed E-state index contributed by atoms with van der Waals surface area (Å²) in [5.41, 5.74) is 2.73. The summed E-state index contributed by atoms with van der Waals surface area (Å²) < 4.78 is 10.5. The van der Waals surface area contributed by atoms with Gasteiger partial charge in [0.15, 0.2) is 11.5 Å². The highest BCUT2D eigenvalue weighted by Crippen LogP contribution is 2.37. The summed E-state index contributed by atoms with van der Waals surface area (Å²) in [5, 5.41) is 12.2. The third-order valence-electron chi connectivity index (χ3n) is 4.56. The summed E-state index contributed by atoms with van der Waals surface area (Å²) in [4.78, 5) is 24.1. The van der Waals surface area contributed by atoms with Gasteiger partial charge in [-0.05, 0) is 38.8 Å². The molecule has 0 spiro atoms. The van der Waals surface area contributed by atoms with Gasteiger partial charge in [-0.3, -0.25) is 9.59 Å². The molecule has 0 saturated heterocycles. The first kappa shape index (κ1) is 15.4. The van der Waals surface area contributed by atoms with Crippen molar-refractivity contribution in [3.63, 3.8) is 0 Å². The van der Waals surface area contributed by atoms with Gasteiger partial charge in [0.1, 0.15) is 0 Å². The van der Waals surface area contributed by atoms with Crippen LogP contribution in [-0.2, 0) is 9.59 Å². The largest absolute Gasteiger partial charge is 0.481 e. The maximum absolute atomic E-state index is 12.6. The van der Waals surface area contributed by atoms with Gasteiger partial charge in [-0.25, -0.2) is 0 Å². The predicted molar refractivity (Wildman–Crippen MR) is 83.4 cm³/mol. The molecule has 3 rings (SSSR count). The molecular weight excluding hydrogens is 298 g/mol. The summed E-state index contributed by atoms with van der Waals surface area (Å²) in [6, 6.07) is 5.13. The lowest BCUT2D eigenvalue weighted by molar-refractivity contribution is -0.146. The Hall–Kier alpha value is -2.50. The Kier molecular flexibility index (Phi) is 3.98. The summed E-state index contributed by atoms with van der Waals surface area (Å²) in [6.07, 6.45) is 0.888. The SMILES string of the molecule is CC1=C(C)C[C@H](C(=O)Nc2ccc3c(c2)OCO3)[C@@H](C(=O)O)C1. The van der Waals surface area contributed by atoms with E-state index >= 15 is 0 Å². The number of allylic oxidation sites excluding steroid dienone is 2. The lowest BCUT2D eigenvalue weighted by Crippen LogP contribution is -2.36. The fraction of sp³-hybridized carbons (Fsp3) is 0.412. The molecule has 1 aromatic rings. The molecule has 0 unspecified atom stereocenters. The number of carbonyl (C=O) groups is 2. The minimum absolute atomic E-state index is 0.166. The maximum Gasteiger partial charge on any atom is 0.307 e. The molecule has 0 radical (unpaired) electrons. The van der Waals surface area contributed by atoms with Crippen molar-refractivity contribution in [3.8, 4) is 11.5 Å². The van der Waals surface area contributed by atoms with Gasteiger partial charge in [0.05, 0.1) is 11.8 Å². The van der Waals surface area contributed by atoms with Crippen LogP contribution in [0, 0.1) is 11.8 Å². The van der Waals surface area contributed by atoms with E-state index < -0.39 is 17.8 Å². The molecule has 1 heterocycles. The van der Waals surface area contributed by atoms with Gasteiger partial charge in [-0.2, -0.15) is 0 Å². The second-order valence-corrected chi connectivity index (χ2v) is 6.08. The van der Waals surface area contributed by atoms with Crippen LogP contribution in [0.2, 0.25) is 0 Å². The lowest BCUT2D eigenvalue weighted by atomic mass is 9.76. The number of carbonyl (C=O) groups excluding carboxylic acids is 1. The van der Waals surface area contributed by atoms with E-state index in [9.17, 15) is 14.7 Å². The molecule has 6 heteroatoms. The molecule has 1 amide bonds. The van der Waals surface area contributed by atoms with Crippen molar-refractivity contribution in [3.05, 3.63) is 29.3 Å². The van der Waals surface area contributed by atoms with Crippen molar-refractivity contribution < 1.29 is 24.2 Å². The number of hydrogen-bond acceptors (Lipinski definition) is 4. The number of carboxylic acid groups (broad SMARTS) is 1. The molecule has 0 aromatic heterocycles. The minimum Gasteiger partial charge on any atom is -0.481 e. The second kappa shape index (κ2) is 5.95. The summed E-state index contributed by atoms with van der Waals surface area (Å²) in [6.45, 7) is 4.05. The zero-order valence-electron chi connectivity index (χ0n) is 13.1. The standard InChI is InChI=1S/C17H19NO5/c1-9-5-12(13(17(20)21)6-10(9)2)16(19)18-11-3-4-14-15(7-11)23-8-22-14/h3-4,7,12-13H,5-6,8H2,1-2H3,(H,18,19)(H,20,21)/t12-,13-/m0/s1. The van der Waals surface area contributed by atoms with Gasteiger partial charge in [0.2, 0.25) is 12.7 Å². The third-order valence-corrected chi connectivity index (χ3v) is 4.56. The number of rotatable bonds is 3. The van der Waals surface area contributed by atoms with E-state index in [0.717, 1.165) is 11.1 Å². The Bertz CT molecular complexity index is 694. The van der Waals surface area contributed by atoms with E-state index in [1.54, 1.807) is 18.2 Å². The average Bonchev–Trinajstić information content (AvgIpc) is 2.96. The molecule has 1 aliphatic carbocycles. The van der Waals surface area contributed by atoms with Crippen molar-refractivity contribution in [2.24, 2.45) is 11.8 Å². The molecule has 122 valence electrons. The summed E-state index contributed by atoms with van der Waals surface area (Å²) in [7, 11) is 0. The molecular formula is C17H19NO5. The Morgan fingerprint density at radius 2 is 1.74 bits per heavy atom. The van der Waals surface area contributed by atoms with Crippen LogP contribution in [0.3, 0.4) is 0 Å². The highest BCUT2D eigenvalue weighted by Gasteiger charge is 2.37. The van der Waals surface area contributed by atoms with E-state index in [2.05, 4.69) is 5.32 Å². The van der Waals surface area contributed by atoms with Crippen LogP contribution < -0.4 is 14.8 Å². The van der Waals surface area contributed by atoms with Gasteiger partial charge in [0, 0.05) is 11.8 Å². The number of aliphatic carboxylic acids is 1. The fourth-order valence-electron chi connectivity index (χ4n) is 3.04. The molecule has 6 nitrogen and oxygen atoms in total. The Balaban J connectivity index is 1.77. The van der Waals surface area contributed by atoms with Crippen molar-refractivity contribution in [2.45, 2.75) is 26.7 Å².